The number of ether oxygens (including phenoxy) is 3. The Balaban J connectivity index is 1.54. The normalized spacial score (nSPS) is 13.9. The summed E-state index contributed by atoms with van der Waals surface area (Å²) in [6.45, 7) is 0.0528. The lowest BCUT2D eigenvalue weighted by Crippen LogP contribution is -2.40. The van der Waals surface area contributed by atoms with Crippen molar-refractivity contribution in [2.24, 2.45) is 0 Å². The van der Waals surface area contributed by atoms with Gasteiger partial charge in [0, 0.05) is 12.0 Å². The van der Waals surface area contributed by atoms with Crippen molar-refractivity contribution in [1.29, 1.82) is 0 Å². The van der Waals surface area contributed by atoms with Gasteiger partial charge in [-0.1, -0.05) is 48.5 Å². The smallest absolute Gasteiger partial charge is 0.407 e. The summed E-state index contributed by atoms with van der Waals surface area (Å²) >= 11 is 0. The maximum atomic E-state index is 12.7. The highest BCUT2D eigenvalue weighted by Crippen LogP contribution is 2.44. The zero-order valence-electron chi connectivity index (χ0n) is 18.7. The molecule has 0 radical (unpaired) electrons. The average Bonchev–Trinajstić information content (AvgIpc) is 3.18. The van der Waals surface area contributed by atoms with Crippen molar-refractivity contribution in [1.82, 2.24) is 5.32 Å². The summed E-state index contributed by atoms with van der Waals surface area (Å²) in [7, 11) is 2.89. The molecule has 0 spiro atoms. The average molecular weight is 463 g/mol. The number of carbonyl (C=O) groups excluding carboxylic acids is 1. The summed E-state index contributed by atoms with van der Waals surface area (Å²) in [6.07, 6.45) is -2.77. The van der Waals surface area contributed by atoms with Crippen LogP contribution in [-0.4, -0.2) is 49.2 Å². The summed E-state index contributed by atoms with van der Waals surface area (Å²) < 4.78 is 16.0. The van der Waals surface area contributed by atoms with Crippen molar-refractivity contribution in [3.8, 4) is 22.6 Å². The van der Waals surface area contributed by atoms with E-state index in [0.29, 0.717) is 17.1 Å². The zero-order valence-corrected chi connectivity index (χ0v) is 18.7. The van der Waals surface area contributed by atoms with Crippen LogP contribution in [0.15, 0.2) is 66.7 Å². The van der Waals surface area contributed by atoms with Crippen LogP contribution in [0.25, 0.3) is 11.1 Å². The second-order valence-electron chi connectivity index (χ2n) is 7.88. The molecule has 0 saturated carbocycles. The summed E-state index contributed by atoms with van der Waals surface area (Å²) in [6, 6.07) is 19.2. The molecule has 3 N–H and O–H groups in total. The number of fused-ring (bicyclic) bond motifs is 3. The van der Waals surface area contributed by atoms with Gasteiger partial charge in [-0.2, -0.15) is 0 Å². The van der Waals surface area contributed by atoms with Crippen molar-refractivity contribution >= 4 is 12.1 Å². The van der Waals surface area contributed by atoms with Crippen molar-refractivity contribution < 1.29 is 34.0 Å². The molecule has 0 aliphatic heterocycles. The van der Waals surface area contributed by atoms with Crippen LogP contribution in [0.2, 0.25) is 0 Å². The number of aliphatic carboxylic acids is 1. The second-order valence-corrected chi connectivity index (χ2v) is 7.88. The topological polar surface area (TPSA) is 114 Å². The maximum Gasteiger partial charge on any atom is 0.407 e. The molecule has 0 fully saturated rings. The van der Waals surface area contributed by atoms with Gasteiger partial charge >= 0.3 is 12.1 Å². The molecule has 2 atom stereocenters. The van der Waals surface area contributed by atoms with E-state index in [0.717, 1.165) is 22.3 Å². The van der Waals surface area contributed by atoms with Crippen molar-refractivity contribution in [3.63, 3.8) is 0 Å². The van der Waals surface area contributed by atoms with E-state index in [1.807, 2.05) is 48.5 Å². The highest BCUT2D eigenvalue weighted by atomic mass is 16.5. The number of methoxy groups -OCH3 is 2. The Morgan fingerprint density at radius 1 is 0.912 bits per heavy atom. The van der Waals surface area contributed by atoms with Crippen molar-refractivity contribution in [3.05, 3.63) is 83.4 Å². The molecule has 1 aliphatic carbocycles. The van der Waals surface area contributed by atoms with Gasteiger partial charge in [-0.25, -0.2) is 9.59 Å². The van der Waals surface area contributed by atoms with E-state index in [1.54, 1.807) is 6.07 Å². The first-order valence-corrected chi connectivity index (χ1v) is 10.7. The van der Waals surface area contributed by atoms with E-state index in [-0.39, 0.29) is 12.5 Å². The number of carboxylic acid groups (broad SMARTS) is 1. The van der Waals surface area contributed by atoms with Crippen LogP contribution in [0.1, 0.15) is 28.7 Å². The predicted octanol–water partition coefficient (Wildman–Crippen LogP) is 3.73. The number of rotatable bonds is 8. The monoisotopic (exact) mass is 463 g/mol. The minimum absolute atomic E-state index is 0.0528. The van der Waals surface area contributed by atoms with Gasteiger partial charge < -0.3 is 29.7 Å². The van der Waals surface area contributed by atoms with Gasteiger partial charge in [0.25, 0.3) is 0 Å². The molecule has 2 unspecified atom stereocenters. The third-order valence-corrected chi connectivity index (χ3v) is 5.92. The van der Waals surface area contributed by atoms with E-state index in [9.17, 15) is 19.8 Å². The number of carboxylic acids is 1. The number of hydrogen-bond acceptors (Lipinski definition) is 6. The molecule has 0 bridgehead atoms. The molecule has 176 valence electrons. The number of benzene rings is 3. The first kappa shape index (κ1) is 23.1. The van der Waals surface area contributed by atoms with Crippen LogP contribution in [0.4, 0.5) is 4.79 Å². The summed E-state index contributed by atoms with van der Waals surface area (Å²) in [4.78, 5) is 24.3. The van der Waals surface area contributed by atoms with Crippen LogP contribution in [-0.2, 0) is 9.53 Å². The first-order valence-electron chi connectivity index (χ1n) is 10.7. The third-order valence-electron chi connectivity index (χ3n) is 5.92. The van der Waals surface area contributed by atoms with Crippen LogP contribution < -0.4 is 14.8 Å². The molecule has 34 heavy (non-hydrogen) atoms. The molecular formula is C26H25NO7. The van der Waals surface area contributed by atoms with Gasteiger partial charge in [0.05, 0.1) is 20.3 Å². The molecule has 0 saturated heterocycles. The van der Waals surface area contributed by atoms with Gasteiger partial charge in [-0.3, -0.25) is 0 Å². The molecular weight excluding hydrogens is 438 g/mol. The summed E-state index contributed by atoms with van der Waals surface area (Å²) in [5.41, 5.74) is 4.58. The summed E-state index contributed by atoms with van der Waals surface area (Å²) in [5.74, 6) is -0.888. The van der Waals surface area contributed by atoms with Crippen LogP contribution >= 0.6 is 0 Å². The highest BCUT2D eigenvalue weighted by Gasteiger charge is 2.32. The quantitative estimate of drug-likeness (QED) is 0.466. The molecule has 4 rings (SSSR count). The summed E-state index contributed by atoms with van der Waals surface area (Å²) in [5, 5.41) is 22.2. The lowest BCUT2D eigenvalue weighted by Gasteiger charge is -2.23. The van der Waals surface area contributed by atoms with Gasteiger partial charge in [0.1, 0.15) is 18.1 Å². The van der Waals surface area contributed by atoms with Gasteiger partial charge in [-0.05, 0) is 39.9 Å². The van der Waals surface area contributed by atoms with E-state index in [4.69, 9.17) is 14.2 Å². The number of alkyl carbamates (subject to hydrolysis) is 1. The Hall–Kier alpha value is -4.04. The Kier molecular flexibility index (Phi) is 6.70. The van der Waals surface area contributed by atoms with Crippen LogP contribution in [0.3, 0.4) is 0 Å². The zero-order chi connectivity index (χ0) is 24.2. The number of aliphatic hydroxyl groups excluding tert-OH is 1. The van der Waals surface area contributed by atoms with E-state index in [2.05, 4.69) is 5.32 Å². The number of aliphatic hydroxyl groups is 1. The standard InChI is InChI=1S/C26H25NO7/c1-32-16-11-15(12-17(13-16)33-2)23(24(28)25(29)30)27-26(31)34-14-22-20-9-5-3-7-18(20)19-8-4-6-10-21(19)22/h3-13,22-24,28H,14H2,1-2H3,(H,27,31)(H,29,30). The van der Waals surface area contributed by atoms with Gasteiger partial charge in [0.15, 0.2) is 6.10 Å². The molecule has 3 aromatic carbocycles. The van der Waals surface area contributed by atoms with Crippen molar-refractivity contribution in [2.75, 3.05) is 20.8 Å². The molecule has 3 aromatic rings. The molecule has 8 nitrogen and oxygen atoms in total. The van der Waals surface area contributed by atoms with Crippen LogP contribution in [0.5, 0.6) is 11.5 Å². The number of amides is 1. The Bertz CT molecular complexity index is 1140. The molecule has 1 amide bonds. The van der Waals surface area contributed by atoms with E-state index >= 15 is 0 Å². The minimum Gasteiger partial charge on any atom is -0.497 e. The highest BCUT2D eigenvalue weighted by molar-refractivity contribution is 5.79. The Morgan fingerprint density at radius 2 is 1.44 bits per heavy atom. The fraction of sp³-hybridized carbons (Fsp3) is 0.231. The SMILES string of the molecule is COc1cc(OC)cc(C(NC(=O)OCC2c3ccccc3-c3ccccc32)C(O)C(=O)O)c1. The molecule has 0 heterocycles. The lowest BCUT2D eigenvalue weighted by molar-refractivity contribution is -0.148. The van der Waals surface area contributed by atoms with Gasteiger partial charge in [-0.15, -0.1) is 0 Å². The fourth-order valence-corrected chi connectivity index (χ4v) is 4.26. The predicted molar refractivity (Wildman–Crippen MR) is 124 cm³/mol. The minimum atomic E-state index is -1.92. The molecule has 1 aliphatic rings. The maximum absolute atomic E-state index is 12.7. The molecule has 0 aromatic heterocycles. The number of hydrogen-bond donors (Lipinski definition) is 3. The van der Waals surface area contributed by atoms with E-state index < -0.39 is 24.2 Å². The second kappa shape index (κ2) is 9.84. The fourth-order valence-electron chi connectivity index (χ4n) is 4.26. The van der Waals surface area contributed by atoms with Gasteiger partial charge in [0.2, 0.25) is 0 Å². The largest absolute Gasteiger partial charge is 0.497 e. The third kappa shape index (κ3) is 4.53. The van der Waals surface area contributed by atoms with Crippen molar-refractivity contribution in [2.45, 2.75) is 18.1 Å². The number of nitrogens with one attached hydrogen (secondary N) is 1. The Labute approximate surface area is 196 Å². The first-order chi connectivity index (χ1) is 16.4. The number of carbonyl (C=O) groups is 2. The molecule has 8 heteroatoms. The Morgan fingerprint density at radius 3 is 1.94 bits per heavy atom. The van der Waals surface area contributed by atoms with Crippen LogP contribution in [0, 0.1) is 0 Å². The lowest BCUT2D eigenvalue weighted by atomic mass is 9.98. The van der Waals surface area contributed by atoms with E-state index in [1.165, 1.54) is 26.4 Å².